The highest BCUT2D eigenvalue weighted by Crippen LogP contribution is 2.33. The SMILES string of the molecule is O=[N+]([O-])c1ccccc1-c1ncccc1[N+](=O)[O-]. The summed E-state index contributed by atoms with van der Waals surface area (Å²) in [4.78, 5) is 24.4. The van der Waals surface area contributed by atoms with Crippen molar-refractivity contribution in [3.8, 4) is 11.3 Å². The number of rotatable bonds is 3. The van der Waals surface area contributed by atoms with Gasteiger partial charge in [-0.1, -0.05) is 12.1 Å². The molecule has 7 nitrogen and oxygen atoms in total. The summed E-state index contributed by atoms with van der Waals surface area (Å²) in [7, 11) is 0. The molecule has 0 aliphatic rings. The van der Waals surface area contributed by atoms with Crippen LogP contribution < -0.4 is 0 Å². The Labute approximate surface area is 101 Å². The number of aromatic nitrogens is 1. The lowest BCUT2D eigenvalue weighted by Gasteiger charge is -2.02. The molecule has 0 N–H and O–H groups in total. The summed E-state index contributed by atoms with van der Waals surface area (Å²) in [6, 6.07) is 8.47. The van der Waals surface area contributed by atoms with E-state index < -0.39 is 9.85 Å². The van der Waals surface area contributed by atoms with Gasteiger partial charge in [-0.25, -0.2) is 4.98 Å². The molecule has 1 aromatic carbocycles. The zero-order chi connectivity index (χ0) is 13.1. The first kappa shape index (κ1) is 11.6. The molecule has 0 fully saturated rings. The van der Waals surface area contributed by atoms with Gasteiger partial charge in [-0.2, -0.15) is 0 Å². The van der Waals surface area contributed by atoms with Crippen LogP contribution in [0.1, 0.15) is 0 Å². The summed E-state index contributed by atoms with van der Waals surface area (Å²) in [5.41, 5.74) is -0.337. The molecule has 0 unspecified atom stereocenters. The Morgan fingerprint density at radius 1 is 0.889 bits per heavy atom. The fraction of sp³-hybridized carbons (Fsp3) is 0. The van der Waals surface area contributed by atoms with Crippen molar-refractivity contribution in [2.24, 2.45) is 0 Å². The molecule has 0 saturated carbocycles. The molecule has 0 radical (unpaired) electrons. The second-order valence-electron chi connectivity index (χ2n) is 3.40. The van der Waals surface area contributed by atoms with Crippen LogP contribution >= 0.6 is 0 Å². The molecule has 2 rings (SSSR count). The van der Waals surface area contributed by atoms with Gasteiger partial charge in [0, 0.05) is 18.3 Å². The Hall–Kier alpha value is -2.83. The minimum atomic E-state index is -0.612. The number of nitrogens with zero attached hydrogens (tertiary/aromatic N) is 3. The zero-order valence-electron chi connectivity index (χ0n) is 9.02. The van der Waals surface area contributed by atoms with E-state index in [0.29, 0.717) is 0 Å². The van der Waals surface area contributed by atoms with E-state index in [-0.39, 0.29) is 22.6 Å². The summed E-state index contributed by atoms with van der Waals surface area (Å²) < 4.78 is 0. The fourth-order valence-corrected chi connectivity index (χ4v) is 1.58. The standard InChI is InChI=1S/C11H7N3O4/c15-13(16)9-5-2-1-4-8(9)11-10(14(17)18)6-3-7-12-11/h1-7H. The number of para-hydroxylation sites is 1. The monoisotopic (exact) mass is 245 g/mol. The van der Waals surface area contributed by atoms with E-state index in [2.05, 4.69) is 4.98 Å². The molecule has 0 amide bonds. The van der Waals surface area contributed by atoms with Gasteiger partial charge in [0.25, 0.3) is 11.4 Å². The number of nitro groups is 2. The quantitative estimate of drug-likeness (QED) is 0.611. The van der Waals surface area contributed by atoms with Crippen LogP contribution in [0.4, 0.5) is 11.4 Å². The van der Waals surface area contributed by atoms with Crippen molar-refractivity contribution >= 4 is 11.4 Å². The lowest BCUT2D eigenvalue weighted by atomic mass is 10.1. The first-order valence-electron chi connectivity index (χ1n) is 4.94. The molecular weight excluding hydrogens is 238 g/mol. The molecule has 7 heteroatoms. The third-order valence-electron chi connectivity index (χ3n) is 2.34. The van der Waals surface area contributed by atoms with Gasteiger partial charge in [0.2, 0.25) is 0 Å². The highest BCUT2D eigenvalue weighted by molar-refractivity contribution is 5.76. The maximum Gasteiger partial charge on any atom is 0.295 e. The van der Waals surface area contributed by atoms with E-state index in [1.54, 1.807) is 6.07 Å². The number of hydrogen-bond acceptors (Lipinski definition) is 5. The van der Waals surface area contributed by atoms with Crippen molar-refractivity contribution in [2.75, 3.05) is 0 Å². The molecule has 90 valence electrons. The van der Waals surface area contributed by atoms with Crippen LogP contribution in [-0.2, 0) is 0 Å². The summed E-state index contributed by atoms with van der Waals surface area (Å²) in [6.45, 7) is 0. The third-order valence-corrected chi connectivity index (χ3v) is 2.34. The second-order valence-corrected chi connectivity index (χ2v) is 3.40. The Morgan fingerprint density at radius 3 is 2.17 bits per heavy atom. The average Bonchev–Trinajstić information content (AvgIpc) is 2.38. The summed E-state index contributed by atoms with van der Waals surface area (Å²) in [5.74, 6) is 0. The Balaban J connectivity index is 2.70. The van der Waals surface area contributed by atoms with E-state index in [0.717, 1.165) is 0 Å². The molecule has 1 heterocycles. The maximum absolute atomic E-state index is 10.9. The van der Waals surface area contributed by atoms with E-state index in [1.165, 1.54) is 36.5 Å². The largest absolute Gasteiger partial charge is 0.295 e. The minimum Gasteiger partial charge on any atom is -0.258 e. The highest BCUT2D eigenvalue weighted by atomic mass is 16.6. The molecule has 0 aliphatic carbocycles. The molecule has 0 atom stereocenters. The van der Waals surface area contributed by atoms with Gasteiger partial charge >= 0.3 is 0 Å². The van der Waals surface area contributed by atoms with Crippen LogP contribution in [0.3, 0.4) is 0 Å². The van der Waals surface area contributed by atoms with Gasteiger partial charge in [0.1, 0.15) is 0 Å². The van der Waals surface area contributed by atoms with E-state index in [9.17, 15) is 20.2 Å². The summed E-state index contributed by atoms with van der Waals surface area (Å²) in [6.07, 6.45) is 1.36. The second kappa shape index (κ2) is 4.58. The van der Waals surface area contributed by atoms with Crippen molar-refractivity contribution in [3.05, 3.63) is 62.8 Å². The molecule has 0 saturated heterocycles. The van der Waals surface area contributed by atoms with Gasteiger partial charge < -0.3 is 0 Å². The Kier molecular flexibility index (Phi) is 2.96. The molecule has 1 aromatic heterocycles. The topological polar surface area (TPSA) is 99.2 Å². The van der Waals surface area contributed by atoms with Crippen LogP contribution in [-0.4, -0.2) is 14.8 Å². The Morgan fingerprint density at radius 2 is 1.50 bits per heavy atom. The molecule has 0 spiro atoms. The molecule has 2 aromatic rings. The van der Waals surface area contributed by atoms with Gasteiger partial charge in [0.05, 0.1) is 15.4 Å². The lowest BCUT2D eigenvalue weighted by molar-refractivity contribution is -0.386. The van der Waals surface area contributed by atoms with Crippen LogP contribution in [0.2, 0.25) is 0 Å². The predicted octanol–water partition coefficient (Wildman–Crippen LogP) is 2.57. The van der Waals surface area contributed by atoms with Gasteiger partial charge in [-0.15, -0.1) is 0 Å². The average molecular weight is 245 g/mol. The zero-order valence-corrected chi connectivity index (χ0v) is 9.02. The summed E-state index contributed by atoms with van der Waals surface area (Å²) >= 11 is 0. The number of pyridine rings is 1. The van der Waals surface area contributed by atoms with E-state index >= 15 is 0 Å². The van der Waals surface area contributed by atoms with Crippen LogP contribution in [0.15, 0.2) is 42.6 Å². The van der Waals surface area contributed by atoms with Crippen molar-refractivity contribution in [2.45, 2.75) is 0 Å². The van der Waals surface area contributed by atoms with Crippen LogP contribution in [0.25, 0.3) is 11.3 Å². The van der Waals surface area contributed by atoms with Gasteiger partial charge in [-0.05, 0) is 12.1 Å². The van der Waals surface area contributed by atoms with Crippen molar-refractivity contribution in [1.29, 1.82) is 0 Å². The smallest absolute Gasteiger partial charge is 0.258 e. The number of benzene rings is 1. The van der Waals surface area contributed by atoms with E-state index in [4.69, 9.17) is 0 Å². The molecule has 0 aliphatic heterocycles. The highest BCUT2D eigenvalue weighted by Gasteiger charge is 2.23. The lowest BCUT2D eigenvalue weighted by Crippen LogP contribution is -1.97. The first-order valence-corrected chi connectivity index (χ1v) is 4.94. The van der Waals surface area contributed by atoms with Crippen LogP contribution in [0.5, 0.6) is 0 Å². The number of hydrogen-bond donors (Lipinski definition) is 0. The molecule has 0 bridgehead atoms. The normalized spacial score (nSPS) is 10.0. The van der Waals surface area contributed by atoms with E-state index in [1.807, 2.05) is 0 Å². The maximum atomic E-state index is 10.9. The van der Waals surface area contributed by atoms with Crippen molar-refractivity contribution in [3.63, 3.8) is 0 Å². The van der Waals surface area contributed by atoms with Gasteiger partial charge in [-0.3, -0.25) is 20.2 Å². The minimum absolute atomic E-state index is 0.00481. The predicted molar refractivity (Wildman–Crippen MR) is 63.0 cm³/mol. The van der Waals surface area contributed by atoms with Crippen LogP contribution in [0, 0.1) is 20.2 Å². The van der Waals surface area contributed by atoms with Crippen molar-refractivity contribution in [1.82, 2.24) is 4.98 Å². The third kappa shape index (κ3) is 2.01. The van der Waals surface area contributed by atoms with Crippen molar-refractivity contribution < 1.29 is 9.85 Å². The fourth-order valence-electron chi connectivity index (χ4n) is 1.58. The molecular formula is C11H7N3O4. The summed E-state index contributed by atoms with van der Waals surface area (Å²) in [5, 5.41) is 21.8. The van der Waals surface area contributed by atoms with Gasteiger partial charge in [0.15, 0.2) is 5.69 Å². The molecule has 18 heavy (non-hydrogen) atoms. The number of nitro benzene ring substituents is 1. The Bertz CT molecular complexity index is 572. The first-order chi connectivity index (χ1) is 8.61.